The van der Waals surface area contributed by atoms with E-state index in [-0.39, 0.29) is 23.8 Å². The summed E-state index contributed by atoms with van der Waals surface area (Å²) in [7, 11) is 0. The van der Waals surface area contributed by atoms with Crippen molar-refractivity contribution in [1.82, 2.24) is 19.6 Å². The van der Waals surface area contributed by atoms with Gasteiger partial charge in [-0.15, -0.1) is 0 Å². The molecule has 0 bridgehead atoms. The van der Waals surface area contributed by atoms with E-state index in [0.717, 1.165) is 18.8 Å². The molecule has 4 rings (SSSR count). The van der Waals surface area contributed by atoms with Crippen molar-refractivity contribution in [3.63, 3.8) is 0 Å². The molecule has 13 heteroatoms. The Morgan fingerprint density at radius 1 is 1.36 bits per heavy atom. The minimum atomic E-state index is -0.933. The lowest BCUT2D eigenvalue weighted by Crippen LogP contribution is -2.50. The number of halogens is 1. The van der Waals surface area contributed by atoms with Crippen LogP contribution < -0.4 is 16.0 Å². The highest BCUT2D eigenvalue weighted by molar-refractivity contribution is 7.96. The van der Waals surface area contributed by atoms with Crippen molar-refractivity contribution in [2.45, 2.75) is 12.7 Å². The van der Waals surface area contributed by atoms with Crippen LogP contribution in [-0.4, -0.2) is 70.6 Å². The Morgan fingerprint density at radius 2 is 2.09 bits per heavy atom. The molecule has 0 saturated carbocycles. The first-order valence-electron chi connectivity index (χ1n) is 10.1. The van der Waals surface area contributed by atoms with Crippen LogP contribution in [0.2, 0.25) is 0 Å². The maximum Gasteiger partial charge on any atom is 0.414 e. The first kappa shape index (κ1) is 22.7. The van der Waals surface area contributed by atoms with Gasteiger partial charge in [0.25, 0.3) is 0 Å². The average molecular weight is 475 g/mol. The lowest BCUT2D eigenvalue weighted by atomic mass is 10.1. The molecule has 2 aliphatic rings. The highest BCUT2D eigenvalue weighted by Crippen LogP contribution is 2.26. The molecule has 0 spiro atoms. The number of carbonyl (C=O) groups is 1. The molecule has 0 radical (unpaired) electrons. The summed E-state index contributed by atoms with van der Waals surface area (Å²) in [6, 6.07) is 4.74. The molecular weight excluding hydrogens is 451 g/mol. The van der Waals surface area contributed by atoms with Crippen molar-refractivity contribution in [1.29, 1.82) is 5.41 Å². The monoisotopic (exact) mass is 474 g/mol. The Morgan fingerprint density at radius 3 is 2.76 bits per heavy atom. The summed E-state index contributed by atoms with van der Waals surface area (Å²) in [4.78, 5) is 27.6. The van der Waals surface area contributed by atoms with Gasteiger partial charge >= 0.3 is 6.09 Å². The van der Waals surface area contributed by atoms with E-state index in [2.05, 4.69) is 19.4 Å². The van der Waals surface area contributed by atoms with Crippen LogP contribution >= 0.6 is 11.9 Å². The molecule has 3 heterocycles. The number of nitrogens with zero attached hydrogens (tertiary/aromatic N) is 5. The van der Waals surface area contributed by atoms with E-state index in [0.29, 0.717) is 24.6 Å². The van der Waals surface area contributed by atoms with Crippen LogP contribution in [0.25, 0.3) is 11.1 Å². The number of benzene rings is 1. The van der Waals surface area contributed by atoms with E-state index in [4.69, 9.17) is 20.7 Å². The summed E-state index contributed by atoms with van der Waals surface area (Å²) in [5, 5.41) is 13.2. The molecule has 11 nitrogen and oxygen atoms in total. The third kappa shape index (κ3) is 5.49. The summed E-state index contributed by atoms with van der Waals surface area (Å²) < 4.78 is 22.0. The van der Waals surface area contributed by atoms with Crippen molar-refractivity contribution in [2.75, 3.05) is 37.3 Å². The van der Waals surface area contributed by atoms with Gasteiger partial charge in [-0.2, -0.15) is 0 Å². The molecule has 1 aromatic carbocycles. The number of rotatable bonds is 7. The third-order valence-corrected chi connectivity index (χ3v) is 5.87. The smallest absolute Gasteiger partial charge is 0.414 e. The lowest BCUT2D eigenvalue weighted by molar-refractivity contribution is -0.0136. The minimum Gasteiger partial charge on any atom is -0.444 e. The second-order valence-corrected chi connectivity index (χ2v) is 8.32. The molecule has 174 valence electrons. The van der Waals surface area contributed by atoms with Crippen molar-refractivity contribution in [3.8, 4) is 11.1 Å². The van der Waals surface area contributed by atoms with Gasteiger partial charge in [-0.05, 0) is 6.26 Å². The summed E-state index contributed by atoms with van der Waals surface area (Å²) >= 11 is 1.70. The SMILES string of the molecule is CSN1CC(ON=C2CN(c3ncc(-c4cccc(COC(=O)NC(=N)N)c4F)cn3)C2)C1. The average Bonchev–Trinajstić information content (AvgIpc) is 2.73. The quantitative estimate of drug-likeness (QED) is 0.236. The van der Waals surface area contributed by atoms with E-state index in [1.807, 2.05) is 16.5 Å². The molecule has 1 amide bonds. The highest BCUT2D eigenvalue weighted by Gasteiger charge is 2.30. The summed E-state index contributed by atoms with van der Waals surface area (Å²) in [5.74, 6) is -0.577. The van der Waals surface area contributed by atoms with Crippen LogP contribution in [0.1, 0.15) is 5.56 Å². The number of nitrogens with two attached hydrogens (primary N) is 1. The van der Waals surface area contributed by atoms with Crippen LogP contribution in [0, 0.1) is 11.2 Å². The van der Waals surface area contributed by atoms with E-state index >= 15 is 0 Å². The molecule has 0 atom stereocenters. The Labute approximate surface area is 193 Å². The number of guanidine groups is 1. The molecule has 2 fully saturated rings. The van der Waals surface area contributed by atoms with Gasteiger partial charge in [-0.3, -0.25) is 10.7 Å². The van der Waals surface area contributed by atoms with Crippen LogP contribution in [0.15, 0.2) is 35.7 Å². The molecule has 4 N–H and O–H groups in total. The van der Waals surface area contributed by atoms with Crippen LogP contribution in [-0.2, 0) is 16.2 Å². The fraction of sp³-hybridized carbons (Fsp3) is 0.350. The Kier molecular flexibility index (Phi) is 6.89. The second-order valence-electron chi connectivity index (χ2n) is 7.44. The molecule has 2 saturated heterocycles. The van der Waals surface area contributed by atoms with Gasteiger partial charge < -0.3 is 20.2 Å². The van der Waals surface area contributed by atoms with Gasteiger partial charge in [0, 0.05) is 29.1 Å². The Hall–Kier alpha value is -3.45. The van der Waals surface area contributed by atoms with Gasteiger partial charge in [0.2, 0.25) is 5.95 Å². The van der Waals surface area contributed by atoms with Gasteiger partial charge in [-0.1, -0.05) is 35.3 Å². The zero-order valence-electron chi connectivity index (χ0n) is 17.8. The van der Waals surface area contributed by atoms with Crippen molar-refractivity contribution in [2.24, 2.45) is 10.9 Å². The van der Waals surface area contributed by atoms with Gasteiger partial charge in [0.05, 0.1) is 31.9 Å². The first-order valence-corrected chi connectivity index (χ1v) is 11.2. The molecular formula is C20H23FN8O3S. The standard InChI is InChI=1S/C20H23FN8O3S/c1-33-29-9-15(10-29)32-27-14-7-28(8-14)19-24-5-13(6-25-19)16-4-2-3-12(17(16)21)11-31-20(30)26-18(22)23/h2-6,15H,7-11H2,1H3,(H4,22,23,26,30). The Bertz CT molecular complexity index is 1050. The highest BCUT2D eigenvalue weighted by atomic mass is 32.2. The van der Waals surface area contributed by atoms with E-state index in [1.165, 1.54) is 6.07 Å². The zero-order chi connectivity index (χ0) is 23.4. The van der Waals surface area contributed by atoms with Crippen molar-refractivity contribution in [3.05, 3.63) is 42.0 Å². The van der Waals surface area contributed by atoms with E-state index in [1.54, 1.807) is 36.5 Å². The van der Waals surface area contributed by atoms with Crippen molar-refractivity contribution < 1.29 is 18.8 Å². The number of nitrogens with one attached hydrogen (secondary N) is 2. The number of amides is 1. The number of hydrogen-bond acceptors (Lipinski definition) is 10. The fourth-order valence-electron chi connectivity index (χ4n) is 3.19. The molecule has 0 aliphatic carbocycles. The number of ether oxygens (including phenoxy) is 1. The largest absolute Gasteiger partial charge is 0.444 e. The van der Waals surface area contributed by atoms with E-state index < -0.39 is 17.9 Å². The second kappa shape index (κ2) is 10.0. The van der Waals surface area contributed by atoms with Crippen molar-refractivity contribution >= 4 is 35.7 Å². The summed E-state index contributed by atoms with van der Waals surface area (Å²) in [6.07, 6.45) is 4.34. The number of hydrogen-bond donors (Lipinski definition) is 3. The molecule has 0 unspecified atom stereocenters. The van der Waals surface area contributed by atoms with Crippen LogP contribution in [0.4, 0.5) is 15.1 Å². The number of anilines is 1. The topological polar surface area (TPSA) is 142 Å². The molecule has 33 heavy (non-hydrogen) atoms. The predicted molar refractivity (Wildman–Crippen MR) is 122 cm³/mol. The van der Waals surface area contributed by atoms with Gasteiger partial charge in [0.1, 0.15) is 12.4 Å². The van der Waals surface area contributed by atoms with E-state index in [9.17, 15) is 9.18 Å². The van der Waals surface area contributed by atoms with Gasteiger partial charge in [0.15, 0.2) is 12.1 Å². The summed E-state index contributed by atoms with van der Waals surface area (Å²) in [5.41, 5.74) is 6.94. The normalized spacial score (nSPS) is 15.9. The lowest BCUT2D eigenvalue weighted by Gasteiger charge is -2.36. The van der Waals surface area contributed by atoms with Gasteiger partial charge in [-0.25, -0.2) is 23.5 Å². The molecule has 2 aliphatic heterocycles. The Balaban J connectivity index is 1.32. The number of aromatic nitrogens is 2. The minimum absolute atomic E-state index is 0.147. The number of alkyl carbamates (subject to hydrolysis) is 1. The predicted octanol–water partition coefficient (Wildman–Crippen LogP) is 1.56. The molecule has 2 aromatic rings. The summed E-state index contributed by atoms with van der Waals surface area (Å²) in [6.45, 7) is 2.61. The first-order chi connectivity index (χ1) is 15.9. The van der Waals surface area contributed by atoms with Crippen LogP contribution in [0.5, 0.6) is 0 Å². The maximum atomic E-state index is 14.9. The number of oxime groups is 1. The number of carbonyl (C=O) groups excluding carboxylic acids is 1. The fourth-order valence-corrected chi connectivity index (χ4v) is 3.82. The zero-order valence-corrected chi connectivity index (χ0v) is 18.6. The van der Waals surface area contributed by atoms with Crippen LogP contribution in [0.3, 0.4) is 0 Å². The maximum absolute atomic E-state index is 14.9. The third-order valence-electron chi connectivity index (χ3n) is 5.06. The molecule has 1 aromatic heterocycles.